The van der Waals surface area contributed by atoms with Crippen LogP contribution in [0.2, 0.25) is 0 Å². The van der Waals surface area contributed by atoms with Crippen molar-refractivity contribution >= 4 is 17.5 Å². The summed E-state index contributed by atoms with van der Waals surface area (Å²) in [5.41, 5.74) is 1.77. The van der Waals surface area contributed by atoms with Gasteiger partial charge in [-0.25, -0.2) is 0 Å². The Bertz CT molecular complexity index is 724. The molecule has 2 amide bonds. The predicted molar refractivity (Wildman–Crippen MR) is 94.3 cm³/mol. The first-order valence-electron chi connectivity index (χ1n) is 7.55. The van der Waals surface area contributed by atoms with Crippen LogP contribution in [0.4, 0.5) is 5.69 Å². The number of benzene rings is 2. The second-order valence-corrected chi connectivity index (χ2v) is 5.12. The van der Waals surface area contributed by atoms with Gasteiger partial charge in [0.05, 0.1) is 24.8 Å². The molecule has 2 N–H and O–H groups in total. The fraction of sp³-hybridized carbons (Fsp3) is 0.158. The van der Waals surface area contributed by atoms with E-state index >= 15 is 0 Å². The van der Waals surface area contributed by atoms with Crippen molar-refractivity contribution in [1.29, 1.82) is 0 Å². The Morgan fingerprint density at radius 3 is 2.50 bits per heavy atom. The summed E-state index contributed by atoms with van der Waals surface area (Å²) >= 11 is 0. The molecule has 0 saturated carbocycles. The van der Waals surface area contributed by atoms with Crippen LogP contribution in [0.25, 0.3) is 0 Å². The zero-order valence-electron chi connectivity index (χ0n) is 13.5. The van der Waals surface area contributed by atoms with E-state index in [0.29, 0.717) is 17.8 Å². The summed E-state index contributed by atoms with van der Waals surface area (Å²) in [6.45, 7) is 3.93. The minimum absolute atomic E-state index is 0.191. The maximum Gasteiger partial charge on any atom is 0.253 e. The molecule has 0 radical (unpaired) electrons. The quantitative estimate of drug-likeness (QED) is 0.770. The Kier molecular flexibility index (Phi) is 6.14. The van der Waals surface area contributed by atoms with Crippen LogP contribution >= 0.6 is 0 Å². The fourth-order valence-corrected chi connectivity index (χ4v) is 2.17. The third kappa shape index (κ3) is 4.71. The van der Waals surface area contributed by atoms with Crippen molar-refractivity contribution in [3.8, 4) is 5.75 Å². The van der Waals surface area contributed by atoms with Gasteiger partial charge in [-0.05, 0) is 29.8 Å². The van der Waals surface area contributed by atoms with Gasteiger partial charge in [-0.2, -0.15) is 0 Å². The topological polar surface area (TPSA) is 67.4 Å². The molecule has 0 saturated heterocycles. The van der Waals surface area contributed by atoms with E-state index < -0.39 is 0 Å². The number of carbonyl (C=O) groups is 2. The number of methoxy groups -OCH3 is 1. The van der Waals surface area contributed by atoms with Crippen LogP contribution < -0.4 is 15.4 Å². The zero-order chi connectivity index (χ0) is 17.4. The number of para-hydroxylation sites is 1. The molecule has 2 aromatic carbocycles. The molecular formula is C19H20N2O3. The largest absolute Gasteiger partial charge is 0.497 e. The van der Waals surface area contributed by atoms with Gasteiger partial charge >= 0.3 is 0 Å². The summed E-state index contributed by atoms with van der Waals surface area (Å²) in [7, 11) is 1.59. The third-order valence-corrected chi connectivity index (χ3v) is 3.38. The standard InChI is InChI=1S/C19H20N2O3/c1-3-12-20-19(23)16-6-4-5-7-17(16)21-18(22)13-14-8-10-15(24-2)11-9-14/h3-11H,1,12-13H2,2H3,(H,20,23)(H,21,22). The number of rotatable bonds is 7. The first-order valence-corrected chi connectivity index (χ1v) is 7.55. The minimum Gasteiger partial charge on any atom is -0.497 e. The minimum atomic E-state index is -0.254. The lowest BCUT2D eigenvalue weighted by atomic mass is 10.1. The molecule has 0 fully saturated rings. The molecule has 2 rings (SSSR count). The average molecular weight is 324 g/mol. The Labute approximate surface area is 141 Å². The van der Waals surface area contributed by atoms with Crippen molar-refractivity contribution < 1.29 is 14.3 Å². The van der Waals surface area contributed by atoms with Crippen molar-refractivity contribution in [2.45, 2.75) is 6.42 Å². The summed E-state index contributed by atoms with van der Waals surface area (Å²) in [6.07, 6.45) is 1.81. The highest BCUT2D eigenvalue weighted by molar-refractivity contribution is 6.04. The van der Waals surface area contributed by atoms with Crippen LogP contribution in [0.15, 0.2) is 61.2 Å². The van der Waals surface area contributed by atoms with Crippen LogP contribution in [0.3, 0.4) is 0 Å². The molecule has 0 unspecified atom stereocenters. The zero-order valence-corrected chi connectivity index (χ0v) is 13.5. The summed E-state index contributed by atoms with van der Waals surface area (Å²) in [4.78, 5) is 24.3. The monoisotopic (exact) mass is 324 g/mol. The Balaban J connectivity index is 2.05. The van der Waals surface area contributed by atoms with E-state index in [-0.39, 0.29) is 18.2 Å². The highest BCUT2D eigenvalue weighted by Gasteiger charge is 2.12. The van der Waals surface area contributed by atoms with Crippen LogP contribution in [-0.4, -0.2) is 25.5 Å². The predicted octanol–water partition coefficient (Wildman–Crippen LogP) is 2.79. The molecule has 0 atom stereocenters. The molecule has 0 bridgehead atoms. The average Bonchev–Trinajstić information content (AvgIpc) is 2.60. The Morgan fingerprint density at radius 1 is 1.12 bits per heavy atom. The molecule has 5 heteroatoms. The van der Waals surface area contributed by atoms with Gasteiger partial charge in [0, 0.05) is 6.54 Å². The number of carbonyl (C=O) groups excluding carboxylic acids is 2. The number of hydrogen-bond donors (Lipinski definition) is 2. The van der Waals surface area contributed by atoms with E-state index in [2.05, 4.69) is 17.2 Å². The fourth-order valence-electron chi connectivity index (χ4n) is 2.17. The van der Waals surface area contributed by atoms with Crippen molar-refractivity contribution in [1.82, 2.24) is 5.32 Å². The SMILES string of the molecule is C=CCNC(=O)c1ccccc1NC(=O)Cc1ccc(OC)cc1. The Morgan fingerprint density at radius 2 is 1.83 bits per heavy atom. The number of hydrogen-bond acceptors (Lipinski definition) is 3. The molecule has 0 aromatic heterocycles. The molecule has 0 aliphatic carbocycles. The number of anilines is 1. The lowest BCUT2D eigenvalue weighted by molar-refractivity contribution is -0.115. The van der Waals surface area contributed by atoms with Crippen molar-refractivity contribution in [2.24, 2.45) is 0 Å². The summed E-state index contributed by atoms with van der Waals surface area (Å²) in [6, 6.07) is 14.2. The van der Waals surface area contributed by atoms with Gasteiger partial charge in [0.15, 0.2) is 0 Å². The van der Waals surface area contributed by atoms with Gasteiger partial charge in [0.25, 0.3) is 5.91 Å². The molecule has 24 heavy (non-hydrogen) atoms. The molecule has 2 aromatic rings. The van der Waals surface area contributed by atoms with E-state index in [1.807, 2.05) is 12.1 Å². The molecule has 0 spiro atoms. The number of amides is 2. The van der Waals surface area contributed by atoms with Crippen molar-refractivity contribution in [3.63, 3.8) is 0 Å². The van der Waals surface area contributed by atoms with E-state index in [1.165, 1.54) is 0 Å². The van der Waals surface area contributed by atoms with E-state index in [1.54, 1.807) is 49.6 Å². The Hall–Kier alpha value is -3.08. The molecule has 0 aliphatic heterocycles. The van der Waals surface area contributed by atoms with Gasteiger partial charge in [-0.1, -0.05) is 30.3 Å². The van der Waals surface area contributed by atoms with Crippen molar-refractivity contribution in [3.05, 3.63) is 72.3 Å². The van der Waals surface area contributed by atoms with Crippen LogP contribution in [0.1, 0.15) is 15.9 Å². The first-order chi connectivity index (χ1) is 11.6. The second kappa shape index (κ2) is 8.53. The molecule has 124 valence electrons. The van der Waals surface area contributed by atoms with Gasteiger partial charge in [0.2, 0.25) is 5.91 Å². The maximum atomic E-state index is 12.2. The lowest BCUT2D eigenvalue weighted by Gasteiger charge is -2.11. The second-order valence-electron chi connectivity index (χ2n) is 5.12. The molecule has 0 heterocycles. The maximum absolute atomic E-state index is 12.2. The molecule has 0 aliphatic rings. The van der Waals surface area contributed by atoms with E-state index in [4.69, 9.17) is 4.74 Å². The summed E-state index contributed by atoms with van der Waals surface area (Å²) in [5.74, 6) is 0.294. The highest BCUT2D eigenvalue weighted by atomic mass is 16.5. The van der Waals surface area contributed by atoms with Crippen LogP contribution in [0, 0.1) is 0 Å². The van der Waals surface area contributed by atoms with Gasteiger partial charge in [-0.15, -0.1) is 6.58 Å². The summed E-state index contributed by atoms with van der Waals surface area (Å²) in [5, 5.41) is 5.49. The van der Waals surface area contributed by atoms with Gasteiger partial charge in [-0.3, -0.25) is 9.59 Å². The molecule has 5 nitrogen and oxygen atoms in total. The van der Waals surface area contributed by atoms with Gasteiger partial charge < -0.3 is 15.4 Å². The van der Waals surface area contributed by atoms with Gasteiger partial charge in [0.1, 0.15) is 5.75 Å². The normalized spacial score (nSPS) is 9.88. The smallest absolute Gasteiger partial charge is 0.253 e. The number of nitrogens with one attached hydrogen (secondary N) is 2. The highest BCUT2D eigenvalue weighted by Crippen LogP contribution is 2.16. The molecular weight excluding hydrogens is 304 g/mol. The lowest BCUT2D eigenvalue weighted by Crippen LogP contribution is -2.25. The van der Waals surface area contributed by atoms with Crippen molar-refractivity contribution in [2.75, 3.05) is 19.0 Å². The van der Waals surface area contributed by atoms with E-state index in [9.17, 15) is 9.59 Å². The first kappa shape index (κ1) is 17.3. The third-order valence-electron chi connectivity index (χ3n) is 3.38. The van der Waals surface area contributed by atoms with Crippen LogP contribution in [0.5, 0.6) is 5.75 Å². The summed E-state index contributed by atoms with van der Waals surface area (Å²) < 4.78 is 5.09. The van der Waals surface area contributed by atoms with Crippen LogP contribution in [-0.2, 0) is 11.2 Å². The van der Waals surface area contributed by atoms with E-state index in [0.717, 1.165) is 11.3 Å². The number of ether oxygens (including phenoxy) is 1.